The van der Waals surface area contributed by atoms with Crippen LogP contribution in [-0.4, -0.2) is 207 Å². The molecule has 0 aliphatic heterocycles. The lowest BCUT2D eigenvalue weighted by Gasteiger charge is -2.30. The van der Waals surface area contributed by atoms with Crippen LogP contribution < -0.4 is 38.5 Å². The molecule has 0 aliphatic rings. The number of phenolic OH excluding ortho intramolecular Hbond substituents is 1. The molecule has 0 radical (unpaired) electrons. The smallest absolute Gasteiger partial charge is 0.338 e. The van der Waals surface area contributed by atoms with Gasteiger partial charge < -0.3 is 81.1 Å². The summed E-state index contributed by atoms with van der Waals surface area (Å²) in [5, 5.41) is 11.3. The van der Waals surface area contributed by atoms with E-state index in [1.807, 2.05) is 82.3 Å². The van der Waals surface area contributed by atoms with E-state index in [0.29, 0.717) is 112 Å². The summed E-state index contributed by atoms with van der Waals surface area (Å²) in [6, 6.07) is 71.3. The summed E-state index contributed by atoms with van der Waals surface area (Å²) < 4.78 is 148. The number of pyridine rings is 1. The number of hydrogen-bond donors (Lipinski definition) is 2. The number of carbonyl (C=O) groups excluding carboxylic acids is 4. The number of imidazole rings is 1. The van der Waals surface area contributed by atoms with Gasteiger partial charge in [-0.3, -0.25) is 4.79 Å². The number of rotatable bonds is 32. The number of fused-ring (bicyclic) bond motifs is 1. The number of aromatic hydroxyl groups is 1. The van der Waals surface area contributed by atoms with Crippen molar-refractivity contribution in [1.29, 1.82) is 0 Å². The van der Waals surface area contributed by atoms with Crippen LogP contribution in [0.4, 0.5) is 0 Å². The van der Waals surface area contributed by atoms with Crippen LogP contribution in [-0.2, 0) is 78.8 Å². The lowest BCUT2D eigenvalue weighted by Crippen LogP contribution is -2.19. The molecule has 2 heterocycles. The highest BCUT2D eigenvalue weighted by Crippen LogP contribution is 2.47. The highest BCUT2D eigenvalue weighted by Gasteiger charge is 2.25. The number of ether oxygens (including phenoxy) is 15. The average molecular weight is 2000 g/mol. The Morgan fingerprint density at radius 3 is 1.20 bits per heavy atom. The van der Waals surface area contributed by atoms with E-state index < -0.39 is 47.4 Å². The largest absolute Gasteiger partial charge is 0.508 e. The number of phenols is 1. The van der Waals surface area contributed by atoms with Crippen molar-refractivity contribution in [3.63, 3.8) is 0 Å². The Balaban J connectivity index is 0.000000290. The molecule has 2 aromatic heterocycles. The second-order valence-electron chi connectivity index (χ2n) is 30.8. The van der Waals surface area contributed by atoms with Gasteiger partial charge in [0.2, 0.25) is 0 Å². The molecule has 29 nitrogen and oxygen atoms in total. The minimum Gasteiger partial charge on any atom is -0.508 e. The molecule has 1 unspecified atom stereocenters. The summed E-state index contributed by atoms with van der Waals surface area (Å²) in [7, 11) is 1.85. The monoisotopic (exact) mass is 2000 g/mol. The quantitative estimate of drug-likeness (QED) is 0.0225. The van der Waals surface area contributed by atoms with Gasteiger partial charge in [-0.05, 0) is 195 Å². The maximum Gasteiger partial charge on any atom is 0.338 e. The third-order valence-corrected chi connectivity index (χ3v) is 25.4. The van der Waals surface area contributed by atoms with Crippen molar-refractivity contribution in [3.8, 4) is 80.0 Å². The molecule has 34 heteroatoms. The minimum absolute atomic E-state index is 0. The van der Waals surface area contributed by atoms with Crippen LogP contribution in [0.15, 0.2) is 268 Å². The fraction of sp³-hybridized carbons (Fsp3) is 0.307. The van der Waals surface area contributed by atoms with Crippen LogP contribution in [0.3, 0.4) is 0 Å². The maximum atomic E-state index is 11.9. The van der Waals surface area contributed by atoms with Gasteiger partial charge in [0.05, 0.1) is 91.8 Å². The molecular weight excluding hydrogens is 1880 g/mol. The number of esters is 4. The van der Waals surface area contributed by atoms with E-state index in [-0.39, 0.29) is 72.4 Å². The number of aromatic amines is 1. The van der Waals surface area contributed by atoms with Crippen molar-refractivity contribution in [1.82, 2.24) is 15.0 Å². The zero-order valence-corrected chi connectivity index (χ0v) is 83.5. The summed E-state index contributed by atoms with van der Waals surface area (Å²) in [6.45, 7) is 20.3. The zero-order chi connectivity index (χ0) is 98.9. The van der Waals surface area contributed by atoms with Crippen molar-refractivity contribution in [2.24, 2.45) is 0 Å². The fourth-order valence-corrected chi connectivity index (χ4v) is 15.5. The van der Waals surface area contributed by atoms with Gasteiger partial charge in [0, 0.05) is 94.6 Å². The number of carbonyl (C=O) groups is 4. The third kappa shape index (κ3) is 40.0. The van der Waals surface area contributed by atoms with Crippen molar-refractivity contribution < 1.29 is 121 Å². The number of benzene rings is 10. The molecule has 0 fully saturated rings. The highest BCUT2D eigenvalue weighted by molar-refractivity contribution is 9.10. The second-order valence-corrected chi connectivity index (χ2v) is 40.7. The van der Waals surface area contributed by atoms with Crippen molar-refractivity contribution in [2.45, 2.75) is 114 Å². The molecule has 10 aromatic carbocycles. The molecule has 0 saturated heterocycles. The number of hydrogen-bond acceptors (Lipinski definition) is 28. The first-order valence-corrected chi connectivity index (χ1v) is 49.7. The van der Waals surface area contributed by atoms with E-state index in [0.717, 1.165) is 27.4 Å². The van der Waals surface area contributed by atoms with Crippen molar-refractivity contribution in [3.05, 3.63) is 276 Å². The van der Waals surface area contributed by atoms with Crippen LogP contribution in [0.2, 0.25) is 0 Å². The first-order valence-electron chi connectivity index (χ1n) is 41.5. The number of sulfone groups is 3. The standard InChI is InChI=1S/C23H23N3O5S.C19H22O7S.C19H22O5.C17H21P.C12H16O5.C7H7BrO2S.C3H6O2.CH4/c1-15(14-29-2)30-18-11-16(22-25-21-5-4-10-24-23(21)26-22)12-19(13-18)31-17-6-8-20(9-7-17)32(3,27)28;1-13(12-23-2)25-16-9-14(19(20)24-3)10-17(11-16)26-15-5-7-18(8-6-15)27(4,21)22;1-14(12-21-2)24-18-10-16(19(20)22-3)9-17(11-18)23-13-15-7-5-4-6-8-15;1-17(2,3)18(4)16-13-9-8-12-15(16)14-10-6-5-7-11-14;1-8(7-15-2)17-11-5-9(12(14)16-3)4-10(13)6-11;1-11(9,10)7-4-2-6(8)3-5-7;1-3(4)5-2;/h4-13,15H,14H2,1-3H3,(H,24,25,26);5-11,13H,12H2,1-4H3;4-11,14H,12-13H2,1-3H3;5-13H,1-4H3;4-6,8,13H,7H2,1-3H3;2-5H,1H3;1-2H3;1H4/t15-;13-;14-;;8-;;;/m000.0.../s1. The second kappa shape index (κ2) is 56.1. The molecule has 5 atom stereocenters. The molecule has 0 amide bonds. The van der Waals surface area contributed by atoms with Crippen molar-refractivity contribution >= 4 is 93.7 Å². The van der Waals surface area contributed by atoms with Crippen molar-refractivity contribution in [2.75, 3.05) is 109 Å². The molecule has 2 N–H and O–H groups in total. The zero-order valence-electron chi connectivity index (χ0n) is 78.6. The van der Waals surface area contributed by atoms with Gasteiger partial charge >= 0.3 is 23.9 Å². The van der Waals surface area contributed by atoms with E-state index in [1.165, 1.54) is 125 Å². The number of nitrogens with zero attached hydrogens (tertiary/aromatic N) is 2. The molecule has 12 rings (SSSR count). The van der Waals surface area contributed by atoms with Gasteiger partial charge in [-0.2, -0.15) is 0 Å². The molecule has 726 valence electrons. The van der Waals surface area contributed by atoms with Crippen LogP contribution >= 0.6 is 23.9 Å². The fourth-order valence-electron chi connectivity index (χ4n) is 11.8. The Kier molecular flexibility index (Phi) is 47.1. The van der Waals surface area contributed by atoms with E-state index in [2.05, 4.69) is 122 Å². The number of aromatic nitrogens is 3. The summed E-state index contributed by atoms with van der Waals surface area (Å²) >= 11 is 3.22. The first kappa shape index (κ1) is 113. The van der Waals surface area contributed by atoms with Gasteiger partial charge in [-0.25, -0.2) is 49.6 Å². The Morgan fingerprint density at radius 1 is 0.430 bits per heavy atom. The Hall–Kier alpha value is -12.3. The number of H-pyrrole nitrogens is 1. The normalized spacial score (nSPS) is 12.0. The molecule has 12 aromatic rings. The van der Waals surface area contributed by atoms with Crippen LogP contribution in [0.25, 0.3) is 33.7 Å². The summed E-state index contributed by atoms with van der Waals surface area (Å²) in [6.07, 6.45) is 4.45. The highest BCUT2D eigenvalue weighted by atomic mass is 79.9. The number of methoxy groups -OCH3 is 8. The van der Waals surface area contributed by atoms with Gasteiger partial charge in [-0.1, -0.05) is 137 Å². The average Bonchev–Trinajstić information content (AvgIpc) is 1.75. The summed E-state index contributed by atoms with van der Waals surface area (Å²) in [4.78, 5) is 57.5. The Morgan fingerprint density at radius 2 is 0.793 bits per heavy atom. The van der Waals surface area contributed by atoms with Gasteiger partial charge in [0.25, 0.3) is 0 Å². The molecular formula is C101H121BrN3O26PS3. The minimum atomic E-state index is -3.29. The first-order chi connectivity index (χ1) is 63.5. The van der Waals surface area contributed by atoms with Gasteiger partial charge in [-0.15, -0.1) is 0 Å². The number of nitrogens with one attached hydrogen (secondary N) is 1. The molecule has 0 spiro atoms. The van der Waals surface area contributed by atoms with Gasteiger partial charge in [0.1, 0.15) is 94.3 Å². The maximum absolute atomic E-state index is 11.9. The predicted molar refractivity (Wildman–Crippen MR) is 528 cm³/mol. The molecule has 0 saturated carbocycles. The lowest BCUT2D eigenvalue weighted by molar-refractivity contribution is -0.137. The Bertz CT molecular complexity index is 6040. The topological polar surface area (TPSA) is 371 Å². The third-order valence-electron chi connectivity index (χ3n) is 18.4. The summed E-state index contributed by atoms with van der Waals surface area (Å²) in [5.74, 6) is 3.10. The molecule has 0 aliphatic carbocycles. The molecule has 0 bridgehead atoms. The molecule has 135 heavy (non-hydrogen) atoms. The number of halogens is 1. The Labute approximate surface area is 802 Å². The van der Waals surface area contributed by atoms with Crippen LogP contribution in [0.1, 0.15) is 99.5 Å². The summed E-state index contributed by atoms with van der Waals surface area (Å²) in [5.41, 5.74) is 6.83. The van der Waals surface area contributed by atoms with Gasteiger partial charge in [0.15, 0.2) is 35.2 Å². The van der Waals surface area contributed by atoms with Crippen LogP contribution in [0.5, 0.6) is 57.5 Å². The van der Waals surface area contributed by atoms with Crippen LogP contribution in [0, 0.1) is 0 Å². The predicted octanol–water partition coefficient (Wildman–Crippen LogP) is 19.9. The van der Waals surface area contributed by atoms with E-state index in [1.54, 1.807) is 107 Å². The van der Waals surface area contributed by atoms with E-state index >= 15 is 0 Å². The van der Waals surface area contributed by atoms with E-state index in [4.69, 9.17) is 61.6 Å². The van der Waals surface area contributed by atoms with E-state index in [9.17, 15) is 49.5 Å². The SMILES string of the molecule is C.COC(C)=O.COC[C@H](C)Oc1cc(O)cc(C(=O)OC)c1.COC[C@H](C)Oc1cc(OCc2ccccc2)cc(C(=O)OC)c1.COC[C@H](C)Oc1cc(Oc2ccc(S(C)(=O)=O)cc2)cc(-c2nc3ncccc3[nH]2)c1.COC[C@H](C)Oc1cc(Oc2ccc(S(C)(=O)=O)cc2)cc(C(=O)OC)c1.CP(c1ccccc1-c1ccccc1)C(C)(C)C.CS(=O)(=O)c1ccc(Br)cc1. The lowest BCUT2D eigenvalue weighted by atomic mass is 10.1.